The monoisotopic (exact) mass is 210 g/mol. The zero-order valence-corrected chi connectivity index (χ0v) is 7.00. The number of fused-ring (bicyclic) bond motifs is 1. The van der Waals surface area contributed by atoms with Gasteiger partial charge in [0.25, 0.3) is 5.91 Å². The Labute approximate surface area is 71.3 Å². The van der Waals surface area contributed by atoms with E-state index in [1.807, 2.05) is 0 Å². The van der Waals surface area contributed by atoms with Crippen molar-refractivity contribution < 1.29 is 4.79 Å². The van der Waals surface area contributed by atoms with Gasteiger partial charge < -0.3 is 0 Å². The third-order valence-electron chi connectivity index (χ3n) is 1.44. The molecule has 2 rings (SSSR count). The highest BCUT2D eigenvalue weighted by atomic mass is 79.9. The summed E-state index contributed by atoms with van der Waals surface area (Å²) in [7, 11) is 0. The molecule has 0 N–H and O–H groups in total. The molecule has 3 nitrogen and oxygen atoms in total. The molecule has 0 saturated carbocycles. The van der Waals surface area contributed by atoms with E-state index >= 15 is 0 Å². The largest absolute Gasteiger partial charge is 0.297 e. The van der Waals surface area contributed by atoms with Gasteiger partial charge in [0.15, 0.2) is 0 Å². The molecule has 11 heavy (non-hydrogen) atoms. The molecule has 0 radical (unpaired) electrons. The number of carbonyl (C=O) groups is 1. The fraction of sp³-hybridized carbons (Fsp3) is 0. The van der Waals surface area contributed by atoms with E-state index in [1.165, 1.54) is 0 Å². The quantitative estimate of drug-likeness (QED) is 0.650. The Morgan fingerprint density at radius 3 is 2.91 bits per heavy atom. The molecule has 1 amide bonds. The second kappa shape index (κ2) is 2.23. The maximum atomic E-state index is 10.9. The summed E-state index contributed by atoms with van der Waals surface area (Å²) in [5.41, 5.74) is 1.22. The summed E-state index contributed by atoms with van der Waals surface area (Å²) in [4.78, 5) is 10.9. The van der Waals surface area contributed by atoms with Crippen LogP contribution >= 0.6 is 15.9 Å². The lowest BCUT2D eigenvalue weighted by Crippen LogP contribution is -1.87. The molecule has 1 heterocycles. The summed E-state index contributed by atoms with van der Waals surface area (Å²) in [6.07, 6.45) is 0. The van der Waals surface area contributed by atoms with Crippen LogP contribution in [0.5, 0.6) is 0 Å². The Bertz CT molecular complexity index is 359. The maximum Gasteiger partial charge on any atom is 0.297 e. The molecule has 54 valence electrons. The van der Waals surface area contributed by atoms with Crippen LogP contribution in [-0.4, -0.2) is 5.91 Å². The molecule has 4 heteroatoms. The van der Waals surface area contributed by atoms with E-state index in [2.05, 4.69) is 26.2 Å². The third-order valence-corrected chi connectivity index (χ3v) is 1.93. The first-order valence-corrected chi connectivity index (χ1v) is 3.82. The Hall–Kier alpha value is -1.03. The van der Waals surface area contributed by atoms with Gasteiger partial charge in [-0.05, 0) is 18.2 Å². The lowest BCUT2D eigenvalue weighted by molar-refractivity contribution is 0.100. The van der Waals surface area contributed by atoms with Crippen molar-refractivity contribution in [3.8, 4) is 0 Å². The molecule has 0 fully saturated rings. The highest BCUT2D eigenvalue weighted by Gasteiger charge is 2.16. The summed E-state index contributed by atoms with van der Waals surface area (Å²) < 4.78 is 0.907. The van der Waals surface area contributed by atoms with Crippen molar-refractivity contribution >= 4 is 27.5 Å². The van der Waals surface area contributed by atoms with Gasteiger partial charge in [0.05, 0.1) is 11.3 Å². The number of rotatable bonds is 0. The van der Waals surface area contributed by atoms with Gasteiger partial charge in [0, 0.05) is 4.47 Å². The number of benzene rings is 1. The number of azo groups is 1. The minimum absolute atomic E-state index is 0.257. The van der Waals surface area contributed by atoms with Gasteiger partial charge in [0.2, 0.25) is 0 Å². The Kier molecular flexibility index (Phi) is 1.35. The summed E-state index contributed by atoms with van der Waals surface area (Å²) in [5.74, 6) is -0.257. The molecule has 1 aromatic carbocycles. The molecule has 0 unspecified atom stereocenters. The van der Waals surface area contributed by atoms with Gasteiger partial charge in [-0.1, -0.05) is 15.9 Å². The van der Waals surface area contributed by atoms with Crippen molar-refractivity contribution in [2.75, 3.05) is 0 Å². The Balaban J connectivity index is 2.66. The van der Waals surface area contributed by atoms with Crippen molar-refractivity contribution in [1.82, 2.24) is 0 Å². The zero-order chi connectivity index (χ0) is 7.84. The van der Waals surface area contributed by atoms with Crippen LogP contribution in [0.1, 0.15) is 10.4 Å². The van der Waals surface area contributed by atoms with E-state index in [4.69, 9.17) is 0 Å². The number of halogens is 1. The molecular weight excluding hydrogens is 208 g/mol. The molecule has 0 aromatic heterocycles. The van der Waals surface area contributed by atoms with E-state index in [1.54, 1.807) is 18.2 Å². The summed E-state index contributed by atoms with van der Waals surface area (Å²) in [6, 6.07) is 5.28. The molecule has 0 atom stereocenters. The van der Waals surface area contributed by atoms with Crippen molar-refractivity contribution in [2.24, 2.45) is 10.2 Å². The minimum atomic E-state index is -0.257. The third kappa shape index (κ3) is 0.991. The van der Waals surface area contributed by atoms with Crippen LogP contribution in [-0.2, 0) is 0 Å². The van der Waals surface area contributed by atoms with Crippen LogP contribution < -0.4 is 0 Å². The molecule has 0 spiro atoms. The number of nitrogens with zero attached hydrogens (tertiary/aromatic N) is 2. The second-order valence-corrected chi connectivity index (χ2v) is 3.08. The summed E-state index contributed by atoms with van der Waals surface area (Å²) in [5, 5.41) is 7.10. The van der Waals surface area contributed by atoms with Crippen LogP contribution in [0.4, 0.5) is 5.69 Å². The lowest BCUT2D eigenvalue weighted by atomic mass is 10.2. The number of hydrogen-bond donors (Lipinski definition) is 0. The first kappa shape index (κ1) is 6.67. The average Bonchev–Trinajstić information content (AvgIpc) is 2.32. The van der Waals surface area contributed by atoms with Gasteiger partial charge in [-0.25, -0.2) is 0 Å². The molecular formula is C7H3BrN2O. The van der Waals surface area contributed by atoms with Crippen LogP contribution in [0, 0.1) is 0 Å². The first-order chi connectivity index (χ1) is 5.27. The lowest BCUT2D eigenvalue weighted by Gasteiger charge is -1.92. The normalized spacial score (nSPS) is 13.7. The first-order valence-electron chi connectivity index (χ1n) is 3.03. The standard InChI is InChI=1S/C7H3BrN2O/c8-4-1-2-5-6(3-4)9-10-7(5)11/h1-3H. The highest BCUT2D eigenvalue weighted by Crippen LogP contribution is 2.29. The Morgan fingerprint density at radius 1 is 1.27 bits per heavy atom. The van der Waals surface area contributed by atoms with Gasteiger partial charge in [-0.3, -0.25) is 4.79 Å². The van der Waals surface area contributed by atoms with Crippen LogP contribution in [0.15, 0.2) is 32.9 Å². The number of hydrogen-bond acceptors (Lipinski definition) is 2. The van der Waals surface area contributed by atoms with Gasteiger partial charge in [-0.2, -0.15) is 0 Å². The molecule has 1 aliphatic heterocycles. The Morgan fingerprint density at radius 2 is 2.09 bits per heavy atom. The summed E-state index contributed by atoms with van der Waals surface area (Å²) in [6.45, 7) is 0. The van der Waals surface area contributed by atoms with Gasteiger partial charge in [0.1, 0.15) is 0 Å². The van der Waals surface area contributed by atoms with Crippen molar-refractivity contribution in [1.29, 1.82) is 0 Å². The zero-order valence-electron chi connectivity index (χ0n) is 5.41. The average molecular weight is 211 g/mol. The van der Waals surface area contributed by atoms with Gasteiger partial charge in [-0.15, -0.1) is 10.2 Å². The molecule has 1 aromatic rings. The predicted molar refractivity (Wildman–Crippen MR) is 43.0 cm³/mol. The van der Waals surface area contributed by atoms with Crippen molar-refractivity contribution in [3.63, 3.8) is 0 Å². The van der Waals surface area contributed by atoms with Crippen molar-refractivity contribution in [2.45, 2.75) is 0 Å². The summed E-state index contributed by atoms with van der Waals surface area (Å²) >= 11 is 3.27. The van der Waals surface area contributed by atoms with E-state index in [9.17, 15) is 4.79 Å². The van der Waals surface area contributed by atoms with Gasteiger partial charge >= 0.3 is 0 Å². The van der Waals surface area contributed by atoms with E-state index in [0.29, 0.717) is 11.3 Å². The molecule has 0 bridgehead atoms. The molecule has 0 aliphatic carbocycles. The second-order valence-electron chi connectivity index (χ2n) is 2.17. The predicted octanol–water partition coefficient (Wildman–Crippen LogP) is 2.69. The van der Waals surface area contributed by atoms with Crippen LogP contribution in [0.2, 0.25) is 0 Å². The smallest absolute Gasteiger partial charge is 0.265 e. The van der Waals surface area contributed by atoms with E-state index < -0.39 is 0 Å². The van der Waals surface area contributed by atoms with E-state index in [0.717, 1.165) is 4.47 Å². The highest BCUT2D eigenvalue weighted by molar-refractivity contribution is 9.10. The van der Waals surface area contributed by atoms with Crippen LogP contribution in [0.3, 0.4) is 0 Å². The number of carbonyl (C=O) groups excluding carboxylic acids is 1. The number of amides is 1. The molecule has 0 saturated heterocycles. The maximum absolute atomic E-state index is 10.9. The molecule has 1 aliphatic rings. The fourth-order valence-electron chi connectivity index (χ4n) is 0.922. The SMILES string of the molecule is O=C1N=Nc2cc(Br)ccc21. The van der Waals surface area contributed by atoms with Crippen LogP contribution in [0.25, 0.3) is 0 Å². The minimum Gasteiger partial charge on any atom is -0.265 e. The topological polar surface area (TPSA) is 41.8 Å². The fourth-order valence-corrected chi connectivity index (χ4v) is 1.27. The van der Waals surface area contributed by atoms with Crippen molar-refractivity contribution in [3.05, 3.63) is 28.2 Å². The van der Waals surface area contributed by atoms with E-state index in [-0.39, 0.29) is 5.91 Å².